The second-order valence-electron chi connectivity index (χ2n) is 13.7. The first kappa shape index (κ1) is 29.5. The van der Waals surface area contributed by atoms with Gasteiger partial charge >= 0.3 is 0 Å². The molecule has 1 heterocycles. The van der Waals surface area contributed by atoms with E-state index < -0.39 is 29.5 Å². The maximum absolute atomic E-state index is 14.4. The van der Waals surface area contributed by atoms with Crippen LogP contribution in [0.1, 0.15) is 59.3 Å². The molecule has 44 heavy (non-hydrogen) atoms. The van der Waals surface area contributed by atoms with E-state index in [9.17, 15) is 14.7 Å². The van der Waals surface area contributed by atoms with Gasteiger partial charge in [-0.15, -0.1) is 0 Å². The number of hydrogen-bond donors (Lipinski definition) is 1. The molecule has 1 aliphatic heterocycles. The predicted octanol–water partition coefficient (Wildman–Crippen LogP) is 6.60. The Labute approximate surface area is 259 Å². The summed E-state index contributed by atoms with van der Waals surface area (Å²) >= 11 is 0. The molecule has 9 atom stereocenters. The van der Waals surface area contributed by atoms with Crippen molar-refractivity contribution in [2.24, 2.45) is 28.6 Å². The third-order valence-corrected chi connectivity index (χ3v) is 11.4. The van der Waals surface area contributed by atoms with Crippen LogP contribution in [-0.4, -0.2) is 47.4 Å². The van der Waals surface area contributed by atoms with Crippen LogP contribution in [0.25, 0.3) is 0 Å². The lowest BCUT2D eigenvalue weighted by Gasteiger charge is -2.59. The quantitative estimate of drug-likeness (QED) is 0.366. The number of fused-ring (bicyclic) bond motifs is 7. The van der Waals surface area contributed by atoms with Crippen LogP contribution < -0.4 is 9.47 Å². The Morgan fingerprint density at radius 2 is 1.77 bits per heavy atom. The number of ketones is 2. The van der Waals surface area contributed by atoms with Crippen LogP contribution in [0.3, 0.4) is 0 Å². The van der Waals surface area contributed by atoms with Gasteiger partial charge in [0.2, 0.25) is 5.78 Å². The van der Waals surface area contributed by atoms with Crippen molar-refractivity contribution in [2.45, 2.75) is 83.4 Å². The number of allylic oxidation sites excluding steroid dienone is 4. The summed E-state index contributed by atoms with van der Waals surface area (Å²) < 4.78 is 25.3. The molecule has 232 valence electrons. The van der Waals surface area contributed by atoms with E-state index in [2.05, 4.69) is 20.8 Å². The van der Waals surface area contributed by atoms with Crippen LogP contribution in [0.2, 0.25) is 0 Å². The number of aliphatic hydroxyl groups excluding tert-OH is 1. The van der Waals surface area contributed by atoms with E-state index in [0.29, 0.717) is 30.8 Å². The molecule has 4 aliphatic carbocycles. The molecule has 6 unspecified atom stereocenters. The van der Waals surface area contributed by atoms with E-state index >= 15 is 0 Å². The van der Waals surface area contributed by atoms with Crippen LogP contribution in [0, 0.1) is 28.6 Å². The normalized spacial score (nSPS) is 38.6. The molecule has 7 rings (SSSR count). The highest BCUT2D eigenvalue weighted by atomic mass is 16.7. The Morgan fingerprint density at radius 1 is 1.05 bits per heavy atom. The number of benzene rings is 2. The minimum absolute atomic E-state index is 0.0214. The molecule has 7 heteroatoms. The summed E-state index contributed by atoms with van der Waals surface area (Å²) in [6.07, 6.45) is 8.33. The smallest absolute Gasteiger partial charge is 0.205 e. The fourth-order valence-corrected chi connectivity index (χ4v) is 9.49. The van der Waals surface area contributed by atoms with Crippen LogP contribution in [-0.2, 0) is 19.1 Å². The van der Waals surface area contributed by atoms with E-state index in [0.717, 1.165) is 30.6 Å². The molecule has 5 aliphatic rings. The molecular formula is C37H42O7. The first-order chi connectivity index (χ1) is 21.2. The molecule has 1 saturated heterocycles. The Balaban J connectivity index is 1.14. The van der Waals surface area contributed by atoms with Crippen molar-refractivity contribution in [3.63, 3.8) is 0 Å². The number of hydrogen-bond acceptors (Lipinski definition) is 7. The Hall–Kier alpha value is -3.26. The summed E-state index contributed by atoms with van der Waals surface area (Å²) in [7, 11) is 0. The van der Waals surface area contributed by atoms with E-state index in [1.165, 1.54) is 0 Å². The maximum atomic E-state index is 14.4. The molecule has 0 radical (unpaired) electrons. The van der Waals surface area contributed by atoms with Crippen molar-refractivity contribution in [3.05, 3.63) is 78.4 Å². The molecule has 0 amide bonds. The number of ether oxygens (including phenoxy) is 4. The third kappa shape index (κ3) is 4.50. The van der Waals surface area contributed by atoms with Gasteiger partial charge in [-0.05, 0) is 92.5 Å². The topological polar surface area (TPSA) is 91.3 Å². The Morgan fingerprint density at radius 3 is 2.52 bits per heavy atom. The van der Waals surface area contributed by atoms with Gasteiger partial charge in [0.15, 0.2) is 17.7 Å². The van der Waals surface area contributed by atoms with Crippen LogP contribution in [0.15, 0.2) is 78.4 Å². The van der Waals surface area contributed by atoms with Crippen LogP contribution in [0.5, 0.6) is 17.2 Å². The van der Waals surface area contributed by atoms with Crippen molar-refractivity contribution >= 4 is 11.6 Å². The van der Waals surface area contributed by atoms with Gasteiger partial charge in [0.1, 0.15) is 23.9 Å². The predicted molar refractivity (Wildman–Crippen MR) is 164 cm³/mol. The second-order valence-corrected chi connectivity index (χ2v) is 13.7. The number of rotatable bonds is 8. The van der Waals surface area contributed by atoms with E-state index in [1.807, 2.05) is 48.5 Å². The number of carbonyl (C=O) groups is 2. The first-order valence-corrected chi connectivity index (χ1v) is 16.1. The van der Waals surface area contributed by atoms with Crippen LogP contribution in [0.4, 0.5) is 0 Å². The van der Waals surface area contributed by atoms with Gasteiger partial charge in [-0.2, -0.15) is 0 Å². The average molecular weight is 599 g/mol. The highest BCUT2D eigenvalue weighted by Crippen LogP contribution is 2.69. The van der Waals surface area contributed by atoms with Crippen molar-refractivity contribution in [1.29, 1.82) is 0 Å². The summed E-state index contributed by atoms with van der Waals surface area (Å²) in [5.74, 6) is 2.15. The van der Waals surface area contributed by atoms with Crippen molar-refractivity contribution in [3.8, 4) is 17.2 Å². The van der Waals surface area contributed by atoms with Gasteiger partial charge in [0.05, 0.1) is 12.2 Å². The van der Waals surface area contributed by atoms with Crippen molar-refractivity contribution in [1.82, 2.24) is 0 Å². The molecule has 3 saturated carbocycles. The molecule has 0 spiro atoms. The molecule has 7 nitrogen and oxygen atoms in total. The highest BCUT2D eigenvalue weighted by molar-refractivity contribution is 6.01. The minimum Gasteiger partial charge on any atom is -0.486 e. The van der Waals surface area contributed by atoms with Gasteiger partial charge in [-0.3, -0.25) is 9.59 Å². The van der Waals surface area contributed by atoms with Gasteiger partial charge in [0.25, 0.3) is 0 Å². The highest BCUT2D eigenvalue weighted by Gasteiger charge is 2.75. The van der Waals surface area contributed by atoms with Gasteiger partial charge < -0.3 is 24.1 Å². The molecular weight excluding hydrogens is 556 g/mol. The SMILES string of the molecule is CCC[C@@H]1O[C@@H]2CC3C4CCC5=CC(=O)C=CC5(C)C4C(O)CC3(C)[C@]2(C(=O)COc2ccc(Oc3ccccc3)cc2)O1. The summed E-state index contributed by atoms with van der Waals surface area (Å²) in [5.41, 5.74) is -1.09. The molecule has 0 aromatic heterocycles. The molecule has 0 bridgehead atoms. The summed E-state index contributed by atoms with van der Waals surface area (Å²) in [5, 5.41) is 11.9. The molecule has 4 fully saturated rings. The molecule has 1 N–H and O–H groups in total. The van der Waals surface area contributed by atoms with Crippen molar-refractivity contribution < 1.29 is 33.6 Å². The van der Waals surface area contributed by atoms with E-state index in [1.54, 1.807) is 24.3 Å². The zero-order chi connectivity index (χ0) is 30.7. The zero-order valence-electron chi connectivity index (χ0n) is 25.7. The van der Waals surface area contributed by atoms with Gasteiger partial charge in [0, 0.05) is 16.7 Å². The standard InChI is InChI=1S/C37H42O7/c1-4-8-33-43-32-20-29-28-16-11-23-19-24(38)17-18-35(23,2)34(28)30(39)21-36(29,3)37(32,44-33)31(40)22-41-25-12-14-27(15-13-25)42-26-9-6-5-7-10-26/h5-7,9-10,12-15,17-19,28-30,32-34,39H,4,8,11,16,20-22H2,1-3H3/t28?,29?,30?,32-,33-,34?,35?,36?,37-/m1/s1. The Bertz CT molecular complexity index is 1480. The molecule has 2 aromatic rings. The van der Waals surface area contributed by atoms with E-state index in [4.69, 9.17) is 18.9 Å². The lowest BCUT2D eigenvalue weighted by molar-refractivity contribution is -0.200. The van der Waals surface area contributed by atoms with Crippen LogP contribution >= 0.6 is 0 Å². The summed E-state index contributed by atoms with van der Waals surface area (Å²) in [6, 6.07) is 16.8. The average Bonchev–Trinajstić information content (AvgIpc) is 3.49. The first-order valence-electron chi connectivity index (χ1n) is 16.1. The third-order valence-electron chi connectivity index (χ3n) is 11.4. The number of para-hydroxylation sites is 1. The lowest BCUT2D eigenvalue weighted by atomic mass is 9.46. The summed E-state index contributed by atoms with van der Waals surface area (Å²) in [4.78, 5) is 26.6. The lowest BCUT2D eigenvalue weighted by Crippen LogP contribution is -2.63. The number of Topliss-reactive ketones (excluding diaryl/α,β-unsaturated/α-hetero) is 1. The fraction of sp³-hybridized carbons (Fsp3) is 0.514. The number of aliphatic hydroxyl groups is 1. The summed E-state index contributed by atoms with van der Waals surface area (Å²) in [6.45, 7) is 6.23. The largest absolute Gasteiger partial charge is 0.486 e. The number of carbonyl (C=O) groups excluding carboxylic acids is 2. The fourth-order valence-electron chi connectivity index (χ4n) is 9.49. The monoisotopic (exact) mass is 598 g/mol. The molecule has 2 aromatic carbocycles. The van der Waals surface area contributed by atoms with Crippen molar-refractivity contribution in [2.75, 3.05) is 6.61 Å². The zero-order valence-corrected chi connectivity index (χ0v) is 25.7. The van der Waals surface area contributed by atoms with Gasteiger partial charge in [-0.25, -0.2) is 0 Å². The maximum Gasteiger partial charge on any atom is 0.205 e. The second kappa shape index (κ2) is 11.0. The Kier molecular flexibility index (Phi) is 7.34. The minimum atomic E-state index is -1.20. The van der Waals surface area contributed by atoms with E-state index in [-0.39, 0.29) is 41.3 Å². The van der Waals surface area contributed by atoms with Gasteiger partial charge in [-0.1, -0.05) is 57.0 Å².